The molecule has 0 spiro atoms. The van der Waals surface area contributed by atoms with Crippen LogP contribution >= 0.6 is 11.6 Å². The van der Waals surface area contributed by atoms with Gasteiger partial charge in [0.25, 0.3) is 11.8 Å². The van der Waals surface area contributed by atoms with Crippen molar-refractivity contribution in [3.63, 3.8) is 0 Å². The molecule has 2 aromatic carbocycles. The van der Waals surface area contributed by atoms with Gasteiger partial charge >= 0.3 is 0 Å². The van der Waals surface area contributed by atoms with Gasteiger partial charge in [-0.05, 0) is 36.8 Å². The summed E-state index contributed by atoms with van der Waals surface area (Å²) in [5, 5.41) is 0.728. The molecule has 142 valence electrons. The number of rotatable bonds is 4. The largest absolute Gasteiger partial charge is 0.369 e. The fourth-order valence-corrected chi connectivity index (χ4v) is 3.27. The molecule has 2 aromatic rings. The molecule has 0 bridgehead atoms. The Morgan fingerprint density at radius 3 is 2.41 bits per heavy atom. The summed E-state index contributed by atoms with van der Waals surface area (Å²) in [6.07, 6.45) is 0. The van der Waals surface area contributed by atoms with E-state index < -0.39 is 0 Å². The quantitative estimate of drug-likeness (QED) is 0.791. The van der Waals surface area contributed by atoms with Crippen LogP contribution in [0, 0.1) is 6.92 Å². The fourth-order valence-electron chi connectivity index (χ4n) is 3.10. The number of anilines is 1. The third-order valence-corrected chi connectivity index (χ3v) is 4.84. The number of hydrogen-bond donors (Lipinski definition) is 2. The molecule has 3 rings (SSSR count). The number of hydrazine groups is 1. The van der Waals surface area contributed by atoms with E-state index in [2.05, 4.69) is 27.6 Å². The lowest BCUT2D eigenvalue weighted by Gasteiger charge is -2.36. The van der Waals surface area contributed by atoms with Gasteiger partial charge in [0, 0.05) is 42.5 Å². The standard InChI is InChI=1S/C20H23ClN4O2/c1-15-7-8-17(21)13-18(15)25-11-9-24(10-12-25)14-19(26)22-23-20(27)16-5-3-2-4-6-16/h2-8,13H,9-12,14H2,1H3,(H,22,26)(H,23,27). The second-order valence-electron chi connectivity index (χ2n) is 6.56. The van der Waals surface area contributed by atoms with Gasteiger partial charge in [-0.3, -0.25) is 25.3 Å². The Bertz CT molecular complexity index is 805. The minimum absolute atomic E-state index is 0.230. The Balaban J connectivity index is 1.44. The van der Waals surface area contributed by atoms with Gasteiger partial charge in [0.1, 0.15) is 0 Å². The second kappa shape index (κ2) is 8.88. The first kappa shape index (κ1) is 19.2. The molecule has 2 amide bonds. The van der Waals surface area contributed by atoms with Crippen molar-refractivity contribution in [3.8, 4) is 0 Å². The summed E-state index contributed by atoms with van der Waals surface area (Å²) in [5.41, 5.74) is 7.76. The van der Waals surface area contributed by atoms with E-state index in [-0.39, 0.29) is 18.4 Å². The van der Waals surface area contributed by atoms with Gasteiger partial charge in [-0.25, -0.2) is 0 Å². The zero-order valence-electron chi connectivity index (χ0n) is 15.2. The Kier molecular flexibility index (Phi) is 6.32. The van der Waals surface area contributed by atoms with Gasteiger partial charge in [-0.1, -0.05) is 35.9 Å². The molecule has 7 heteroatoms. The molecule has 1 fully saturated rings. The summed E-state index contributed by atoms with van der Waals surface area (Å²) in [6, 6.07) is 14.7. The lowest BCUT2D eigenvalue weighted by atomic mass is 10.1. The summed E-state index contributed by atoms with van der Waals surface area (Å²) >= 11 is 6.11. The van der Waals surface area contributed by atoms with Crippen LogP contribution in [0.2, 0.25) is 5.02 Å². The van der Waals surface area contributed by atoms with Crippen molar-refractivity contribution < 1.29 is 9.59 Å². The second-order valence-corrected chi connectivity index (χ2v) is 7.00. The summed E-state index contributed by atoms with van der Waals surface area (Å²) in [6.45, 7) is 5.51. The van der Waals surface area contributed by atoms with Gasteiger partial charge < -0.3 is 4.90 Å². The number of benzene rings is 2. The number of aryl methyl sites for hydroxylation is 1. The molecule has 2 N–H and O–H groups in total. The minimum Gasteiger partial charge on any atom is -0.369 e. The van der Waals surface area contributed by atoms with Crippen LogP contribution < -0.4 is 15.8 Å². The van der Waals surface area contributed by atoms with Crippen LogP contribution in [0.15, 0.2) is 48.5 Å². The molecular formula is C20H23ClN4O2. The van der Waals surface area contributed by atoms with Gasteiger partial charge in [0.15, 0.2) is 0 Å². The fraction of sp³-hybridized carbons (Fsp3) is 0.300. The lowest BCUT2D eigenvalue weighted by molar-refractivity contribution is -0.123. The van der Waals surface area contributed by atoms with Crippen LogP contribution in [-0.4, -0.2) is 49.4 Å². The SMILES string of the molecule is Cc1ccc(Cl)cc1N1CCN(CC(=O)NNC(=O)c2ccccc2)CC1. The third-order valence-electron chi connectivity index (χ3n) is 4.60. The van der Waals surface area contributed by atoms with Crippen molar-refractivity contribution in [1.29, 1.82) is 0 Å². The number of carbonyl (C=O) groups is 2. The predicted molar refractivity (Wildman–Crippen MR) is 107 cm³/mol. The molecule has 27 heavy (non-hydrogen) atoms. The highest BCUT2D eigenvalue weighted by atomic mass is 35.5. The molecular weight excluding hydrogens is 364 g/mol. The normalized spacial score (nSPS) is 14.7. The molecule has 1 heterocycles. The number of nitrogens with one attached hydrogen (secondary N) is 2. The molecule has 1 aliphatic rings. The van der Waals surface area contributed by atoms with Gasteiger partial charge in [-0.15, -0.1) is 0 Å². The Morgan fingerprint density at radius 1 is 1.00 bits per heavy atom. The maximum Gasteiger partial charge on any atom is 0.269 e. The molecule has 0 aliphatic carbocycles. The Morgan fingerprint density at radius 2 is 1.70 bits per heavy atom. The molecule has 0 radical (unpaired) electrons. The van der Waals surface area contributed by atoms with Crippen molar-refractivity contribution in [2.24, 2.45) is 0 Å². The topological polar surface area (TPSA) is 64.7 Å². The minimum atomic E-state index is -0.329. The lowest BCUT2D eigenvalue weighted by Crippen LogP contribution is -2.52. The van der Waals surface area contributed by atoms with E-state index in [1.807, 2.05) is 24.3 Å². The number of carbonyl (C=O) groups excluding carboxylic acids is 2. The predicted octanol–water partition coefficient (Wildman–Crippen LogP) is 2.23. The van der Waals surface area contributed by atoms with E-state index in [1.165, 1.54) is 5.56 Å². The van der Waals surface area contributed by atoms with Crippen LogP contribution in [0.4, 0.5) is 5.69 Å². The van der Waals surface area contributed by atoms with Crippen molar-refractivity contribution in [2.75, 3.05) is 37.6 Å². The smallest absolute Gasteiger partial charge is 0.269 e. The first-order chi connectivity index (χ1) is 13.0. The number of hydrogen-bond acceptors (Lipinski definition) is 4. The van der Waals surface area contributed by atoms with E-state index >= 15 is 0 Å². The molecule has 6 nitrogen and oxygen atoms in total. The summed E-state index contributed by atoms with van der Waals surface area (Å²) < 4.78 is 0. The number of halogens is 1. The van der Waals surface area contributed by atoms with Crippen molar-refractivity contribution in [3.05, 3.63) is 64.7 Å². The Labute approximate surface area is 164 Å². The monoisotopic (exact) mass is 386 g/mol. The summed E-state index contributed by atoms with van der Waals surface area (Å²) in [4.78, 5) is 28.4. The zero-order valence-corrected chi connectivity index (χ0v) is 16.0. The van der Waals surface area contributed by atoms with Crippen molar-refractivity contribution >= 4 is 29.1 Å². The van der Waals surface area contributed by atoms with Crippen LogP contribution in [0.5, 0.6) is 0 Å². The molecule has 0 aromatic heterocycles. The average molecular weight is 387 g/mol. The highest BCUT2D eigenvalue weighted by Crippen LogP contribution is 2.25. The summed E-state index contributed by atoms with van der Waals surface area (Å²) in [7, 11) is 0. The maximum absolute atomic E-state index is 12.1. The zero-order chi connectivity index (χ0) is 19.2. The van der Waals surface area contributed by atoms with Crippen LogP contribution in [-0.2, 0) is 4.79 Å². The van der Waals surface area contributed by atoms with E-state index in [0.717, 1.165) is 36.9 Å². The molecule has 1 saturated heterocycles. The van der Waals surface area contributed by atoms with E-state index in [1.54, 1.807) is 24.3 Å². The third kappa shape index (κ3) is 5.21. The van der Waals surface area contributed by atoms with E-state index in [0.29, 0.717) is 5.56 Å². The molecule has 1 aliphatic heterocycles. The van der Waals surface area contributed by atoms with Crippen LogP contribution in [0.1, 0.15) is 15.9 Å². The molecule has 0 unspecified atom stereocenters. The highest BCUT2D eigenvalue weighted by Gasteiger charge is 2.20. The van der Waals surface area contributed by atoms with Crippen molar-refractivity contribution in [2.45, 2.75) is 6.92 Å². The first-order valence-corrected chi connectivity index (χ1v) is 9.28. The number of nitrogens with zero attached hydrogens (tertiary/aromatic N) is 2. The summed E-state index contributed by atoms with van der Waals surface area (Å²) in [5.74, 6) is -0.558. The molecule has 0 saturated carbocycles. The number of piperazine rings is 1. The maximum atomic E-state index is 12.1. The van der Waals surface area contributed by atoms with Crippen LogP contribution in [0.3, 0.4) is 0 Å². The van der Waals surface area contributed by atoms with Crippen LogP contribution in [0.25, 0.3) is 0 Å². The first-order valence-electron chi connectivity index (χ1n) is 8.90. The van der Waals surface area contributed by atoms with Gasteiger partial charge in [0.05, 0.1) is 6.54 Å². The average Bonchev–Trinajstić information content (AvgIpc) is 2.69. The molecule has 0 atom stereocenters. The van der Waals surface area contributed by atoms with Gasteiger partial charge in [0.2, 0.25) is 0 Å². The van der Waals surface area contributed by atoms with Gasteiger partial charge in [-0.2, -0.15) is 0 Å². The van der Waals surface area contributed by atoms with Crippen molar-refractivity contribution in [1.82, 2.24) is 15.8 Å². The van der Waals surface area contributed by atoms with E-state index in [4.69, 9.17) is 11.6 Å². The Hall–Kier alpha value is -2.57. The number of amides is 2. The van der Waals surface area contributed by atoms with E-state index in [9.17, 15) is 9.59 Å². The highest BCUT2D eigenvalue weighted by molar-refractivity contribution is 6.30.